The molecule has 314 valence electrons. The topological polar surface area (TPSA) is 353 Å². The van der Waals surface area contributed by atoms with Gasteiger partial charge in [0.25, 0.3) is 36.0 Å². The molecule has 62 heavy (non-hydrogen) atoms. The summed E-state index contributed by atoms with van der Waals surface area (Å²) in [7, 11) is -14.8. The van der Waals surface area contributed by atoms with E-state index in [1.54, 1.807) is 48.5 Å². The number of anilines is 2. The van der Waals surface area contributed by atoms with Crippen LogP contribution in [0.1, 0.15) is 0 Å². The fourth-order valence-corrected chi connectivity index (χ4v) is 7.93. The van der Waals surface area contributed by atoms with Crippen molar-refractivity contribution in [2.75, 3.05) is 11.5 Å². The van der Waals surface area contributed by atoms with E-state index in [-0.39, 0.29) is 27.3 Å². The quantitative estimate of drug-likeness (QED) is 0.0231. The highest BCUT2D eigenvalue weighted by Gasteiger charge is 2.28. The van der Waals surface area contributed by atoms with Crippen LogP contribution in [-0.4, -0.2) is 48.9 Å². The maximum Gasteiger partial charge on any atom is 0.296 e. The van der Waals surface area contributed by atoms with Crippen LogP contribution in [0.5, 0.6) is 5.75 Å². The number of nitrogens with zero attached hydrogens (tertiary/aromatic N) is 7. The molecule has 0 saturated carbocycles. The van der Waals surface area contributed by atoms with Crippen LogP contribution in [0.4, 0.5) is 51.2 Å². The highest BCUT2D eigenvalue weighted by Crippen LogP contribution is 2.48. The molecule has 0 fully saturated rings. The summed E-state index contributed by atoms with van der Waals surface area (Å²) in [5, 5.41) is 46.5. The molecule has 0 aromatic heterocycles. The van der Waals surface area contributed by atoms with Gasteiger partial charge in [-0.05, 0) is 89.3 Å². The molecule has 0 aliphatic heterocycles. The van der Waals surface area contributed by atoms with Crippen LogP contribution in [0.2, 0.25) is 0 Å². The predicted molar refractivity (Wildman–Crippen MR) is 225 cm³/mol. The lowest BCUT2D eigenvalue weighted by Gasteiger charge is -2.14. The van der Waals surface area contributed by atoms with Crippen molar-refractivity contribution < 1.29 is 48.9 Å². The summed E-state index contributed by atoms with van der Waals surface area (Å²) in [6, 6.07) is 26.3. The molecule has 21 nitrogen and oxygen atoms in total. The second-order valence-corrected chi connectivity index (χ2v) is 17.3. The summed E-state index contributed by atoms with van der Waals surface area (Å²) in [4.78, 5) is 8.06. The SMILES string of the molecule is Nc1ccc(N=Nc2ccc(-c3ccc(N=Nc4c(S(=O)(=O)O)cc5cc(S(=O)(=O)O)c(N=Nc6ccc([N+](=O)[O-])cc6)c(N)c5c4O)cc3)cc2)c2cc(S(=O)(=O)O)ccc12. The number of nitrogens with two attached hydrogens (primary N) is 2. The van der Waals surface area contributed by atoms with E-state index in [0.29, 0.717) is 33.4 Å². The molecule has 0 saturated heterocycles. The normalized spacial score (nSPS) is 12.6. The third-order valence-electron chi connectivity index (χ3n) is 9.10. The molecule has 0 unspecified atom stereocenters. The first kappa shape index (κ1) is 42.5. The molecule has 0 aliphatic rings. The molecule has 24 heteroatoms. The highest BCUT2D eigenvalue weighted by atomic mass is 32.2. The Morgan fingerprint density at radius 3 is 1.52 bits per heavy atom. The van der Waals surface area contributed by atoms with Gasteiger partial charge in [-0.2, -0.15) is 40.6 Å². The minimum absolute atomic E-state index is 0.00798. The molecule has 0 spiro atoms. The largest absolute Gasteiger partial charge is 0.505 e. The summed E-state index contributed by atoms with van der Waals surface area (Å²) in [6.07, 6.45) is 0. The van der Waals surface area contributed by atoms with Gasteiger partial charge in [0.15, 0.2) is 5.75 Å². The fourth-order valence-electron chi connectivity index (χ4n) is 6.10. The number of benzene rings is 7. The number of phenolic OH excluding ortho intramolecular Hbond substituents is 1. The molecule has 0 radical (unpaired) electrons. The third kappa shape index (κ3) is 8.80. The van der Waals surface area contributed by atoms with Gasteiger partial charge in [0.1, 0.15) is 21.2 Å². The lowest BCUT2D eigenvalue weighted by molar-refractivity contribution is -0.384. The summed E-state index contributed by atoms with van der Waals surface area (Å²) in [5.74, 6) is -0.966. The first-order valence-corrected chi connectivity index (χ1v) is 21.6. The molecule has 7 rings (SSSR count). The van der Waals surface area contributed by atoms with Gasteiger partial charge in [0.2, 0.25) is 0 Å². The molecule has 0 atom stereocenters. The minimum atomic E-state index is -5.17. The van der Waals surface area contributed by atoms with E-state index in [0.717, 1.165) is 29.8 Å². The van der Waals surface area contributed by atoms with Gasteiger partial charge >= 0.3 is 0 Å². The Hall–Kier alpha value is -7.61. The number of non-ortho nitro benzene ring substituents is 1. The van der Waals surface area contributed by atoms with Crippen molar-refractivity contribution in [2.45, 2.75) is 14.7 Å². The predicted octanol–water partition coefficient (Wildman–Crippen LogP) is 9.42. The van der Waals surface area contributed by atoms with Gasteiger partial charge in [0.05, 0.1) is 43.6 Å². The van der Waals surface area contributed by atoms with E-state index in [2.05, 4.69) is 30.7 Å². The van der Waals surface area contributed by atoms with Gasteiger partial charge < -0.3 is 16.6 Å². The Morgan fingerprint density at radius 1 is 0.532 bits per heavy atom. The second-order valence-electron chi connectivity index (χ2n) is 13.1. The number of azo groups is 3. The van der Waals surface area contributed by atoms with Gasteiger partial charge in [-0.1, -0.05) is 30.3 Å². The Bertz CT molecular complexity index is 3420. The number of hydrogen-bond acceptors (Lipinski definition) is 17. The van der Waals surface area contributed by atoms with Crippen LogP contribution < -0.4 is 11.5 Å². The van der Waals surface area contributed by atoms with E-state index in [4.69, 9.17) is 11.5 Å². The number of phenols is 1. The van der Waals surface area contributed by atoms with Crippen molar-refractivity contribution >= 4 is 103 Å². The second kappa shape index (κ2) is 16.1. The van der Waals surface area contributed by atoms with Gasteiger partial charge in [-0.3, -0.25) is 23.8 Å². The minimum Gasteiger partial charge on any atom is -0.505 e. The Labute approximate surface area is 349 Å². The van der Waals surface area contributed by atoms with Crippen LogP contribution >= 0.6 is 0 Å². The van der Waals surface area contributed by atoms with Crippen LogP contribution in [0.15, 0.2) is 161 Å². The number of hydrogen-bond donors (Lipinski definition) is 6. The maximum absolute atomic E-state index is 12.5. The summed E-state index contributed by atoms with van der Waals surface area (Å²) < 4.78 is 103. The van der Waals surface area contributed by atoms with E-state index < -0.39 is 73.3 Å². The highest BCUT2D eigenvalue weighted by molar-refractivity contribution is 7.86. The van der Waals surface area contributed by atoms with Crippen LogP contribution in [-0.2, 0) is 30.4 Å². The van der Waals surface area contributed by atoms with Crippen molar-refractivity contribution in [3.05, 3.63) is 125 Å². The third-order valence-corrected chi connectivity index (χ3v) is 11.7. The first-order chi connectivity index (χ1) is 29.2. The van der Waals surface area contributed by atoms with E-state index in [1.807, 2.05) is 0 Å². The zero-order chi connectivity index (χ0) is 44.7. The standard InChI is InChI=1S/C38H27N9O12S3/c39-30-15-16-31(29-19-27(60(51,52)53)13-14-28(29)30)44-41-23-5-1-20(2-6-23)21-3-7-24(8-4-21)43-46-37-33(62(57,58)59)18-22-17-32(61(54,55)56)36(35(40)34(22)38(37)48)45-42-25-9-11-26(12-10-25)47(49)50/h1-19,48H,39-40H2,(H,51,52,53)(H,54,55,56)(H,57,58,59). The average molecular weight is 898 g/mol. The molecule has 0 heterocycles. The van der Waals surface area contributed by atoms with Gasteiger partial charge in [-0.15, -0.1) is 15.3 Å². The smallest absolute Gasteiger partial charge is 0.296 e. The van der Waals surface area contributed by atoms with Crippen molar-refractivity contribution in [1.29, 1.82) is 0 Å². The maximum atomic E-state index is 12.5. The Kier molecular flexibility index (Phi) is 11.0. The number of fused-ring (bicyclic) bond motifs is 2. The van der Waals surface area contributed by atoms with Crippen molar-refractivity contribution in [2.24, 2.45) is 30.7 Å². The lowest BCUT2D eigenvalue weighted by Crippen LogP contribution is -2.03. The molecule has 7 aromatic carbocycles. The van der Waals surface area contributed by atoms with Crippen molar-refractivity contribution in [3.8, 4) is 16.9 Å². The van der Waals surface area contributed by atoms with Gasteiger partial charge in [0, 0.05) is 28.6 Å². The number of nitro benzene ring substituents is 1. The number of rotatable bonds is 11. The Morgan fingerprint density at radius 2 is 1.02 bits per heavy atom. The molecule has 7 aromatic rings. The van der Waals surface area contributed by atoms with Gasteiger partial charge in [-0.25, -0.2) is 0 Å². The lowest BCUT2D eigenvalue weighted by atomic mass is 10.0. The molecular formula is C38H27N9O12S3. The summed E-state index contributed by atoms with van der Waals surface area (Å²) >= 11 is 0. The number of nitrogen functional groups attached to an aromatic ring is 2. The zero-order valence-corrected chi connectivity index (χ0v) is 33.5. The van der Waals surface area contributed by atoms with Crippen LogP contribution in [0.25, 0.3) is 32.7 Å². The Balaban J connectivity index is 1.18. The summed E-state index contributed by atoms with van der Waals surface area (Å²) in [6.45, 7) is 0. The molecule has 0 amide bonds. The zero-order valence-electron chi connectivity index (χ0n) is 31.0. The number of nitro groups is 1. The summed E-state index contributed by atoms with van der Waals surface area (Å²) in [5.41, 5.74) is 12.6. The van der Waals surface area contributed by atoms with E-state index >= 15 is 0 Å². The van der Waals surface area contributed by atoms with E-state index in [1.165, 1.54) is 42.5 Å². The first-order valence-electron chi connectivity index (χ1n) is 17.3. The van der Waals surface area contributed by atoms with E-state index in [9.17, 15) is 54.1 Å². The van der Waals surface area contributed by atoms with Crippen molar-refractivity contribution in [1.82, 2.24) is 0 Å². The fraction of sp³-hybridized carbons (Fsp3) is 0. The number of aromatic hydroxyl groups is 1. The monoisotopic (exact) mass is 897 g/mol. The van der Waals surface area contributed by atoms with Crippen LogP contribution in [0.3, 0.4) is 0 Å². The average Bonchev–Trinajstić information content (AvgIpc) is 3.22. The molecule has 0 bridgehead atoms. The molecular weight excluding hydrogens is 871 g/mol. The molecule has 8 N–H and O–H groups in total. The van der Waals surface area contributed by atoms with Crippen molar-refractivity contribution in [3.63, 3.8) is 0 Å². The van der Waals surface area contributed by atoms with Crippen LogP contribution in [0, 0.1) is 10.1 Å². The molecule has 0 aliphatic carbocycles.